The molecular formula is C11H14N4O2. The number of benzene rings is 1. The number of aromatic amines is 1. The highest BCUT2D eigenvalue weighted by Gasteiger charge is 2.09. The summed E-state index contributed by atoms with van der Waals surface area (Å²) in [6.07, 6.45) is 1.44. The van der Waals surface area contributed by atoms with Crippen LogP contribution in [-0.2, 0) is 0 Å². The van der Waals surface area contributed by atoms with Crippen molar-refractivity contribution in [3.63, 3.8) is 0 Å². The quantitative estimate of drug-likeness (QED) is 0.845. The predicted octanol–water partition coefficient (Wildman–Crippen LogP) is 1.87. The minimum absolute atomic E-state index is 0.584. The molecule has 1 heterocycles. The van der Waals surface area contributed by atoms with E-state index in [0.717, 1.165) is 11.3 Å². The van der Waals surface area contributed by atoms with Crippen LogP contribution in [0.1, 0.15) is 5.56 Å². The first-order chi connectivity index (χ1) is 8.24. The molecule has 0 aliphatic carbocycles. The molecule has 0 saturated carbocycles. The average molecular weight is 234 g/mol. The molecule has 0 aliphatic rings. The van der Waals surface area contributed by atoms with E-state index in [1.54, 1.807) is 14.2 Å². The van der Waals surface area contributed by atoms with Crippen molar-refractivity contribution in [2.24, 2.45) is 0 Å². The highest BCUT2D eigenvalue weighted by atomic mass is 16.5. The Morgan fingerprint density at radius 2 is 1.88 bits per heavy atom. The molecule has 0 bridgehead atoms. The lowest BCUT2D eigenvalue weighted by atomic mass is 10.1. The highest BCUT2D eigenvalue weighted by molar-refractivity contribution is 5.64. The minimum atomic E-state index is 0.584. The van der Waals surface area contributed by atoms with E-state index < -0.39 is 0 Å². The molecule has 0 fully saturated rings. The standard InChI is InChI=1S/C11H14N4O2/c1-7-4-9(16-2)10(17-3)5-8(7)14-11-12-6-13-15-11/h4-6H,1-3H3,(H2,12,13,14,15). The van der Waals surface area contributed by atoms with E-state index >= 15 is 0 Å². The summed E-state index contributed by atoms with van der Waals surface area (Å²) in [6.45, 7) is 1.97. The third-order valence-electron chi connectivity index (χ3n) is 2.40. The van der Waals surface area contributed by atoms with Crippen molar-refractivity contribution < 1.29 is 9.47 Å². The molecule has 0 atom stereocenters. The molecule has 0 unspecified atom stereocenters. The first-order valence-corrected chi connectivity index (χ1v) is 5.09. The van der Waals surface area contributed by atoms with Crippen LogP contribution in [0.3, 0.4) is 0 Å². The van der Waals surface area contributed by atoms with Crippen molar-refractivity contribution in [3.8, 4) is 11.5 Å². The second kappa shape index (κ2) is 4.73. The lowest BCUT2D eigenvalue weighted by molar-refractivity contribution is 0.355. The van der Waals surface area contributed by atoms with E-state index in [1.807, 2.05) is 19.1 Å². The van der Waals surface area contributed by atoms with Gasteiger partial charge in [-0.2, -0.15) is 10.1 Å². The van der Waals surface area contributed by atoms with E-state index in [9.17, 15) is 0 Å². The summed E-state index contributed by atoms with van der Waals surface area (Å²) in [5, 5.41) is 9.62. The zero-order valence-electron chi connectivity index (χ0n) is 9.94. The van der Waals surface area contributed by atoms with Crippen LogP contribution in [0.25, 0.3) is 0 Å². The van der Waals surface area contributed by atoms with Crippen molar-refractivity contribution in [1.82, 2.24) is 15.2 Å². The number of nitrogens with one attached hydrogen (secondary N) is 2. The summed E-state index contributed by atoms with van der Waals surface area (Å²) in [4.78, 5) is 4.00. The van der Waals surface area contributed by atoms with E-state index in [0.29, 0.717) is 17.4 Å². The van der Waals surface area contributed by atoms with Gasteiger partial charge in [-0.1, -0.05) is 0 Å². The van der Waals surface area contributed by atoms with Crippen LogP contribution in [0.15, 0.2) is 18.5 Å². The Bertz CT molecular complexity index is 496. The summed E-state index contributed by atoms with van der Waals surface area (Å²) in [5.74, 6) is 1.95. The van der Waals surface area contributed by atoms with E-state index in [4.69, 9.17) is 9.47 Å². The maximum absolute atomic E-state index is 5.24. The number of anilines is 2. The normalized spacial score (nSPS) is 10.1. The maximum Gasteiger partial charge on any atom is 0.222 e. The Kier molecular flexibility index (Phi) is 3.13. The van der Waals surface area contributed by atoms with Gasteiger partial charge >= 0.3 is 0 Å². The summed E-state index contributed by atoms with van der Waals surface area (Å²) in [7, 11) is 3.21. The van der Waals surface area contributed by atoms with Crippen molar-refractivity contribution in [2.75, 3.05) is 19.5 Å². The number of H-pyrrole nitrogens is 1. The number of aryl methyl sites for hydroxylation is 1. The first kappa shape index (κ1) is 11.3. The van der Waals surface area contributed by atoms with Crippen LogP contribution in [0.4, 0.5) is 11.6 Å². The maximum atomic E-state index is 5.24. The molecule has 2 N–H and O–H groups in total. The third-order valence-corrected chi connectivity index (χ3v) is 2.40. The SMILES string of the molecule is COc1cc(C)c(Nc2ncn[nH]2)cc1OC. The molecule has 0 aliphatic heterocycles. The summed E-state index contributed by atoms with van der Waals surface area (Å²) >= 11 is 0. The van der Waals surface area contributed by atoms with Gasteiger partial charge < -0.3 is 14.8 Å². The second-order valence-corrected chi connectivity index (χ2v) is 3.48. The molecule has 1 aromatic carbocycles. The predicted molar refractivity (Wildman–Crippen MR) is 63.9 cm³/mol. The average Bonchev–Trinajstić information content (AvgIpc) is 2.84. The second-order valence-electron chi connectivity index (χ2n) is 3.48. The number of ether oxygens (including phenoxy) is 2. The lowest BCUT2D eigenvalue weighted by Crippen LogP contribution is -1.98. The summed E-state index contributed by atoms with van der Waals surface area (Å²) in [6, 6.07) is 3.76. The smallest absolute Gasteiger partial charge is 0.222 e. The Morgan fingerprint density at radius 3 is 2.47 bits per heavy atom. The topological polar surface area (TPSA) is 72.1 Å². The lowest BCUT2D eigenvalue weighted by Gasteiger charge is -2.12. The van der Waals surface area contributed by atoms with Crippen molar-refractivity contribution in [2.45, 2.75) is 6.92 Å². The minimum Gasteiger partial charge on any atom is -0.493 e. The van der Waals surface area contributed by atoms with Crippen LogP contribution in [0.5, 0.6) is 11.5 Å². The first-order valence-electron chi connectivity index (χ1n) is 5.09. The van der Waals surface area contributed by atoms with Crippen LogP contribution >= 0.6 is 0 Å². The molecule has 90 valence electrons. The number of rotatable bonds is 4. The number of nitrogens with zero attached hydrogens (tertiary/aromatic N) is 2. The van der Waals surface area contributed by atoms with Crippen LogP contribution in [-0.4, -0.2) is 29.4 Å². The molecule has 0 radical (unpaired) electrons. The van der Waals surface area contributed by atoms with Crippen LogP contribution in [0.2, 0.25) is 0 Å². The van der Waals surface area contributed by atoms with Gasteiger partial charge in [0.25, 0.3) is 0 Å². The molecular weight excluding hydrogens is 220 g/mol. The molecule has 0 amide bonds. The molecule has 2 aromatic rings. The van der Waals surface area contributed by atoms with Gasteiger partial charge in [-0.05, 0) is 18.6 Å². The zero-order chi connectivity index (χ0) is 12.3. The molecule has 0 saturated heterocycles. The van der Waals surface area contributed by atoms with Gasteiger partial charge in [-0.3, -0.25) is 0 Å². The molecule has 2 rings (SSSR count). The highest BCUT2D eigenvalue weighted by Crippen LogP contribution is 2.33. The van der Waals surface area contributed by atoms with Crippen molar-refractivity contribution in [1.29, 1.82) is 0 Å². The largest absolute Gasteiger partial charge is 0.493 e. The van der Waals surface area contributed by atoms with Crippen LogP contribution < -0.4 is 14.8 Å². The summed E-state index contributed by atoms with van der Waals surface area (Å²) < 4.78 is 10.5. The van der Waals surface area contributed by atoms with Crippen molar-refractivity contribution in [3.05, 3.63) is 24.0 Å². The number of aromatic nitrogens is 3. The van der Waals surface area contributed by atoms with Gasteiger partial charge in [0, 0.05) is 11.8 Å². The molecule has 6 heteroatoms. The van der Waals surface area contributed by atoms with Gasteiger partial charge in [0.05, 0.1) is 14.2 Å². The fourth-order valence-electron chi connectivity index (χ4n) is 1.51. The van der Waals surface area contributed by atoms with E-state index in [-0.39, 0.29) is 0 Å². The third kappa shape index (κ3) is 2.30. The molecule has 17 heavy (non-hydrogen) atoms. The molecule has 6 nitrogen and oxygen atoms in total. The fourth-order valence-corrected chi connectivity index (χ4v) is 1.51. The number of hydrogen-bond acceptors (Lipinski definition) is 5. The zero-order valence-corrected chi connectivity index (χ0v) is 9.94. The van der Waals surface area contributed by atoms with Crippen LogP contribution in [0, 0.1) is 6.92 Å². The Labute approximate surface area is 99.0 Å². The van der Waals surface area contributed by atoms with E-state index in [2.05, 4.69) is 20.5 Å². The van der Waals surface area contributed by atoms with Gasteiger partial charge in [-0.15, -0.1) is 0 Å². The van der Waals surface area contributed by atoms with Gasteiger partial charge in [0.15, 0.2) is 11.5 Å². The van der Waals surface area contributed by atoms with Gasteiger partial charge in [-0.25, -0.2) is 5.10 Å². The Hall–Kier alpha value is -2.24. The number of hydrogen-bond donors (Lipinski definition) is 2. The number of methoxy groups -OCH3 is 2. The molecule has 1 aromatic heterocycles. The Balaban J connectivity index is 2.34. The summed E-state index contributed by atoms with van der Waals surface area (Å²) in [5.41, 5.74) is 1.92. The van der Waals surface area contributed by atoms with Gasteiger partial charge in [0.2, 0.25) is 5.95 Å². The fraction of sp³-hybridized carbons (Fsp3) is 0.273. The van der Waals surface area contributed by atoms with Crippen molar-refractivity contribution >= 4 is 11.6 Å². The van der Waals surface area contributed by atoms with E-state index in [1.165, 1.54) is 6.33 Å². The van der Waals surface area contributed by atoms with Gasteiger partial charge in [0.1, 0.15) is 6.33 Å². The molecule has 0 spiro atoms. The Morgan fingerprint density at radius 1 is 1.18 bits per heavy atom. The monoisotopic (exact) mass is 234 g/mol.